The first-order valence-electron chi connectivity index (χ1n) is 6.10. The lowest BCUT2D eigenvalue weighted by Crippen LogP contribution is -1.94. The second-order valence-corrected chi connectivity index (χ2v) is 4.48. The first-order valence-corrected chi connectivity index (χ1v) is 6.10. The van der Waals surface area contributed by atoms with Gasteiger partial charge in [-0.2, -0.15) is 0 Å². The number of para-hydroxylation sites is 1. The molecule has 0 saturated heterocycles. The molecule has 6 heteroatoms. The van der Waals surface area contributed by atoms with E-state index < -0.39 is 4.92 Å². The Morgan fingerprint density at radius 3 is 2.55 bits per heavy atom. The summed E-state index contributed by atoms with van der Waals surface area (Å²) in [7, 11) is 0. The van der Waals surface area contributed by atoms with E-state index in [0.29, 0.717) is 0 Å². The van der Waals surface area contributed by atoms with Crippen LogP contribution in [0, 0.1) is 30.9 Å². The molecule has 2 rings (SSSR count). The molecule has 0 aliphatic rings. The molecule has 1 N–H and O–H groups in total. The third-order valence-electron chi connectivity index (χ3n) is 2.98. The van der Waals surface area contributed by atoms with Gasteiger partial charge in [0.05, 0.1) is 4.92 Å². The molecule has 0 spiro atoms. The number of nitro groups is 1. The molecule has 0 aliphatic heterocycles. The number of hydrogen-bond donors (Lipinski definition) is 1. The molecule has 6 nitrogen and oxygen atoms in total. The SMILES string of the molecule is Cc1cccc(C)c1NC=Cc1onc(C)c1[N+](=O)[O-]. The molecule has 0 bridgehead atoms. The van der Waals surface area contributed by atoms with Gasteiger partial charge in [0, 0.05) is 18.0 Å². The summed E-state index contributed by atoms with van der Waals surface area (Å²) in [5, 5.41) is 17.6. The lowest BCUT2D eigenvalue weighted by Gasteiger charge is -2.08. The predicted octanol–water partition coefficient (Wildman–Crippen LogP) is 3.59. The van der Waals surface area contributed by atoms with Crippen LogP contribution in [0.25, 0.3) is 6.08 Å². The van der Waals surface area contributed by atoms with E-state index in [-0.39, 0.29) is 17.1 Å². The Morgan fingerprint density at radius 1 is 1.30 bits per heavy atom. The average molecular weight is 273 g/mol. The second kappa shape index (κ2) is 5.56. The van der Waals surface area contributed by atoms with E-state index in [1.54, 1.807) is 6.20 Å². The van der Waals surface area contributed by atoms with Gasteiger partial charge in [-0.25, -0.2) is 0 Å². The third kappa shape index (κ3) is 2.69. The number of rotatable bonds is 4. The maximum Gasteiger partial charge on any atom is 0.338 e. The van der Waals surface area contributed by atoms with Crippen molar-refractivity contribution in [3.05, 3.63) is 57.1 Å². The quantitative estimate of drug-likeness (QED) is 0.680. The maximum absolute atomic E-state index is 10.9. The normalized spacial score (nSPS) is 10.9. The molecule has 0 radical (unpaired) electrons. The maximum atomic E-state index is 10.9. The van der Waals surface area contributed by atoms with E-state index in [1.807, 2.05) is 32.0 Å². The van der Waals surface area contributed by atoms with E-state index in [2.05, 4.69) is 10.5 Å². The Hall–Kier alpha value is -2.63. The minimum atomic E-state index is -0.496. The summed E-state index contributed by atoms with van der Waals surface area (Å²) in [6, 6.07) is 5.96. The Morgan fingerprint density at radius 2 is 1.95 bits per heavy atom. The number of aryl methyl sites for hydroxylation is 3. The minimum absolute atomic E-state index is 0.107. The van der Waals surface area contributed by atoms with Crippen LogP contribution < -0.4 is 5.32 Å². The monoisotopic (exact) mass is 273 g/mol. The Bertz CT molecular complexity index is 654. The number of hydrogen-bond acceptors (Lipinski definition) is 5. The highest BCUT2D eigenvalue weighted by molar-refractivity contribution is 5.63. The van der Waals surface area contributed by atoms with Crippen LogP contribution in [0.3, 0.4) is 0 Å². The molecule has 0 saturated carbocycles. The molecule has 2 aromatic rings. The lowest BCUT2D eigenvalue weighted by atomic mass is 10.1. The van der Waals surface area contributed by atoms with Crippen LogP contribution in [0.4, 0.5) is 11.4 Å². The zero-order valence-corrected chi connectivity index (χ0v) is 11.5. The minimum Gasteiger partial charge on any atom is -0.361 e. The molecular formula is C14H15N3O3. The molecule has 104 valence electrons. The number of nitrogens with one attached hydrogen (secondary N) is 1. The first kappa shape index (κ1) is 13.8. The van der Waals surface area contributed by atoms with Crippen molar-refractivity contribution in [3.8, 4) is 0 Å². The van der Waals surface area contributed by atoms with Gasteiger partial charge in [-0.3, -0.25) is 10.1 Å². The van der Waals surface area contributed by atoms with Gasteiger partial charge in [-0.1, -0.05) is 23.4 Å². The fourth-order valence-electron chi connectivity index (χ4n) is 1.96. The second-order valence-electron chi connectivity index (χ2n) is 4.48. The first-order chi connectivity index (χ1) is 9.50. The summed E-state index contributed by atoms with van der Waals surface area (Å²) < 4.78 is 4.94. The molecule has 1 aromatic carbocycles. The van der Waals surface area contributed by atoms with Gasteiger partial charge >= 0.3 is 5.69 Å². The number of aromatic nitrogens is 1. The molecule has 0 amide bonds. The highest BCUT2D eigenvalue weighted by atomic mass is 16.6. The predicted molar refractivity (Wildman–Crippen MR) is 76.5 cm³/mol. The summed E-state index contributed by atoms with van der Waals surface area (Å²) in [5.74, 6) is 0.131. The molecule has 0 aliphatic carbocycles. The zero-order valence-electron chi connectivity index (χ0n) is 11.5. The lowest BCUT2D eigenvalue weighted by molar-refractivity contribution is -0.386. The summed E-state index contributed by atoms with van der Waals surface area (Å²) in [6.45, 7) is 5.52. The standard InChI is InChI=1S/C14H15N3O3/c1-9-5-4-6-10(2)13(9)15-8-7-12-14(17(18)19)11(3)16-20-12/h4-8,15H,1-3H3. The summed E-state index contributed by atoms with van der Waals surface area (Å²) in [5.41, 5.74) is 3.32. The summed E-state index contributed by atoms with van der Waals surface area (Å²) in [4.78, 5) is 10.4. The van der Waals surface area contributed by atoms with Crippen molar-refractivity contribution in [2.45, 2.75) is 20.8 Å². The van der Waals surface area contributed by atoms with Crippen molar-refractivity contribution >= 4 is 17.5 Å². The van der Waals surface area contributed by atoms with Crippen molar-refractivity contribution in [1.29, 1.82) is 0 Å². The fraction of sp³-hybridized carbons (Fsp3) is 0.214. The van der Waals surface area contributed by atoms with Crippen molar-refractivity contribution in [1.82, 2.24) is 5.16 Å². The number of nitrogens with zero attached hydrogens (tertiary/aromatic N) is 2. The zero-order chi connectivity index (χ0) is 14.7. The molecule has 1 aromatic heterocycles. The summed E-state index contributed by atoms with van der Waals surface area (Å²) >= 11 is 0. The van der Waals surface area contributed by atoms with Gasteiger partial charge in [0.1, 0.15) is 0 Å². The van der Waals surface area contributed by atoms with Crippen LogP contribution in [-0.4, -0.2) is 10.1 Å². The van der Waals surface area contributed by atoms with Gasteiger partial charge in [-0.15, -0.1) is 0 Å². The Kier molecular flexibility index (Phi) is 3.84. The highest BCUT2D eigenvalue weighted by Gasteiger charge is 2.21. The molecular weight excluding hydrogens is 258 g/mol. The van der Waals surface area contributed by atoms with Crippen LogP contribution in [0.15, 0.2) is 28.9 Å². The molecule has 0 unspecified atom stereocenters. The van der Waals surface area contributed by atoms with Crippen LogP contribution in [0.2, 0.25) is 0 Å². The van der Waals surface area contributed by atoms with Crippen LogP contribution in [-0.2, 0) is 0 Å². The van der Waals surface area contributed by atoms with Crippen molar-refractivity contribution < 1.29 is 9.45 Å². The topological polar surface area (TPSA) is 81.2 Å². The molecule has 1 heterocycles. The van der Waals surface area contributed by atoms with E-state index in [0.717, 1.165) is 16.8 Å². The average Bonchev–Trinajstić information content (AvgIpc) is 2.74. The van der Waals surface area contributed by atoms with Crippen LogP contribution in [0.1, 0.15) is 22.6 Å². The van der Waals surface area contributed by atoms with Crippen LogP contribution >= 0.6 is 0 Å². The van der Waals surface area contributed by atoms with E-state index in [4.69, 9.17) is 4.52 Å². The number of benzene rings is 1. The van der Waals surface area contributed by atoms with Crippen molar-refractivity contribution in [2.75, 3.05) is 5.32 Å². The Balaban J connectivity index is 2.21. The van der Waals surface area contributed by atoms with Gasteiger partial charge in [-0.05, 0) is 31.9 Å². The molecule has 0 atom stereocenters. The summed E-state index contributed by atoms with van der Waals surface area (Å²) in [6.07, 6.45) is 3.12. The number of anilines is 1. The van der Waals surface area contributed by atoms with Gasteiger partial charge in [0.25, 0.3) is 0 Å². The molecule has 20 heavy (non-hydrogen) atoms. The highest BCUT2D eigenvalue weighted by Crippen LogP contribution is 2.24. The van der Waals surface area contributed by atoms with Gasteiger partial charge < -0.3 is 9.84 Å². The van der Waals surface area contributed by atoms with Crippen molar-refractivity contribution in [2.24, 2.45) is 0 Å². The Labute approximate surface area is 116 Å². The third-order valence-corrected chi connectivity index (χ3v) is 2.98. The van der Waals surface area contributed by atoms with Gasteiger partial charge in [0.15, 0.2) is 5.69 Å². The largest absolute Gasteiger partial charge is 0.361 e. The van der Waals surface area contributed by atoms with E-state index in [1.165, 1.54) is 13.0 Å². The fourth-order valence-corrected chi connectivity index (χ4v) is 1.96. The molecule has 0 fully saturated rings. The van der Waals surface area contributed by atoms with Gasteiger partial charge in [0.2, 0.25) is 5.76 Å². The van der Waals surface area contributed by atoms with Crippen molar-refractivity contribution in [3.63, 3.8) is 0 Å². The van der Waals surface area contributed by atoms with Crippen LogP contribution in [0.5, 0.6) is 0 Å². The van der Waals surface area contributed by atoms with E-state index in [9.17, 15) is 10.1 Å². The van der Waals surface area contributed by atoms with E-state index >= 15 is 0 Å². The smallest absolute Gasteiger partial charge is 0.338 e.